The Morgan fingerprint density at radius 1 is 1.26 bits per heavy atom. The van der Waals surface area contributed by atoms with Crippen molar-refractivity contribution < 1.29 is 46.1 Å². The normalized spacial score (nSPS) is 25.4. The van der Waals surface area contributed by atoms with Crippen LogP contribution in [0.4, 0.5) is 27.6 Å². The van der Waals surface area contributed by atoms with Crippen LogP contribution in [-0.2, 0) is 14.3 Å². The Morgan fingerprint density at radius 2 is 1.94 bits per heavy atom. The van der Waals surface area contributed by atoms with Crippen LogP contribution in [0, 0.1) is 17.6 Å². The van der Waals surface area contributed by atoms with E-state index in [1.54, 1.807) is 0 Å². The first-order valence-corrected chi connectivity index (χ1v) is 10.6. The third-order valence-electron chi connectivity index (χ3n) is 6.29. The number of alkyl halides is 3. The molecule has 1 aromatic heterocycles. The fourth-order valence-electron chi connectivity index (χ4n) is 4.17. The molecule has 7 nitrogen and oxygen atoms in total. The van der Waals surface area contributed by atoms with E-state index in [0.717, 1.165) is 26.2 Å². The number of pyridine rings is 1. The maximum absolute atomic E-state index is 14.4. The molecule has 1 fully saturated rings. The Bertz CT molecular complexity index is 1070. The second kappa shape index (κ2) is 10.0. The molecule has 12 heteroatoms. The zero-order chi connectivity index (χ0) is 26.1. The number of carbonyl (C=O) groups is 1. The number of anilines is 1. The van der Waals surface area contributed by atoms with E-state index >= 15 is 0 Å². The van der Waals surface area contributed by atoms with Crippen molar-refractivity contribution in [3.8, 4) is 5.75 Å². The highest BCUT2D eigenvalue weighted by molar-refractivity contribution is 5.95. The SMILES string of the molecule is COC[C@@H](O)c1ccc(NC(=O)[C@@H]2O[C@@](C)(C(F)(F)F)[C@@H](C)[C@H]2c2ccc(F)c(F)c2OC)cn1. The molecule has 0 radical (unpaired) electrons. The van der Waals surface area contributed by atoms with E-state index in [0.29, 0.717) is 0 Å². The van der Waals surface area contributed by atoms with E-state index in [2.05, 4.69) is 10.3 Å². The molecule has 0 unspecified atom stereocenters. The number of amides is 1. The van der Waals surface area contributed by atoms with E-state index in [-0.39, 0.29) is 23.6 Å². The van der Waals surface area contributed by atoms with Crippen molar-refractivity contribution in [2.24, 2.45) is 5.92 Å². The van der Waals surface area contributed by atoms with Gasteiger partial charge >= 0.3 is 6.18 Å². The number of ether oxygens (including phenoxy) is 3. The molecule has 2 N–H and O–H groups in total. The number of nitrogens with zero attached hydrogens (tertiary/aromatic N) is 1. The lowest BCUT2D eigenvalue weighted by atomic mass is 9.77. The van der Waals surface area contributed by atoms with Gasteiger partial charge in [0.1, 0.15) is 12.2 Å². The Kier molecular flexibility index (Phi) is 7.68. The van der Waals surface area contributed by atoms with Gasteiger partial charge in [0, 0.05) is 24.5 Å². The fourth-order valence-corrected chi connectivity index (χ4v) is 4.17. The summed E-state index contributed by atoms with van der Waals surface area (Å²) in [6.45, 7) is 2.01. The summed E-state index contributed by atoms with van der Waals surface area (Å²) in [6.07, 6.45) is -6.40. The number of halogens is 5. The van der Waals surface area contributed by atoms with Crippen LogP contribution in [0.2, 0.25) is 0 Å². The Morgan fingerprint density at radius 3 is 2.49 bits per heavy atom. The quantitative estimate of drug-likeness (QED) is 0.552. The second-order valence-corrected chi connectivity index (χ2v) is 8.37. The predicted molar refractivity (Wildman–Crippen MR) is 114 cm³/mol. The van der Waals surface area contributed by atoms with Crippen LogP contribution in [0.1, 0.15) is 37.1 Å². The first-order valence-electron chi connectivity index (χ1n) is 10.6. The standard InChI is InChI=1S/C23H25F5N2O5/c1-11-17(13-6-7-14(24)18(25)19(13)34-4)20(35-22(11,2)23(26,27)28)21(32)30-12-5-8-15(29-9-12)16(31)10-33-3/h5-9,11,16-17,20,31H,10H2,1-4H3,(H,30,32)/t11-,16+,17-,20+,22+/m0/s1. The molecule has 1 aromatic carbocycles. The monoisotopic (exact) mass is 504 g/mol. The van der Waals surface area contributed by atoms with Crippen LogP contribution in [-0.4, -0.2) is 54.7 Å². The number of hydrogen-bond donors (Lipinski definition) is 2. The van der Waals surface area contributed by atoms with E-state index in [4.69, 9.17) is 14.2 Å². The molecular formula is C23H25F5N2O5. The topological polar surface area (TPSA) is 89.9 Å². The highest BCUT2D eigenvalue weighted by Crippen LogP contribution is 2.55. The number of aliphatic hydroxyl groups excluding tert-OH is 1. The molecule has 1 amide bonds. The summed E-state index contributed by atoms with van der Waals surface area (Å²) in [5.74, 6) is -6.89. The Balaban J connectivity index is 1.98. The number of methoxy groups -OCH3 is 2. The molecule has 0 spiro atoms. The van der Waals surface area contributed by atoms with E-state index in [1.165, 1.54) is 32.4 Å². The zero-order valence-electron chi connectivity index (χ0n) is 19.3. The summed E-state index contributed by atoms with van der Waals surface area (Å²) >= 11 is 0. The fraction of sp³-hybridized carbons (Fsp3) is 0.478. The van der Waals surface area contributed by atoms with Crippen molar-refractivity contribution in [1.29, 1.82) is 0 Å². The lowest BCUT2D eigenvalue weighted by Gasteiger charge is -2.32. The molecule has 1 saturated heterocycles. The van der Waals surface area contributed by atoms with Gasteiger partial charge in [-0.05, 0) is 25.1 Å². The lowest BCUT2D eigenvalue weighted by molar-refractivity contribution is -0.272. The van der Waals surface area contributed by atoms with Gasteiger partial charge in [0.2, 0.25) is 5.82 Å². The lowest BCUT2D eigenvalue weighted by Crippen LogP contribution is -2.47. The van der Waals surface area contributed by atoms with E-state index < -0.39 is 59.1 Å². The first kappa shape index (κ1) is 26.8. The summed E-state index contributed by atoms with van der Waals surface area (Å²) in [6, 6.07) is 4.64. The third-order valence-corrected chi connectivity index (χ3v) is 6.29. The second-order valence-electron chi connectivity index (χ2n) is 8.37. The molecular weight excluding hydrogens is 479 g/mol. The first-order chi connectivity index (χ1) is 16.4. The molecule has 0 aliphatic carbocycles. The smallest absolute Gasteiger partial charge is 0.417 e. The molecule has 3 rings (SSSR count). The number of aliphatic hydroxyl groups is 1. The van der Waals surface area contributed by atoms with Gasteiger partial charge in [0.15, 0.2) is 17.2 Å². The van der Waals surface area contributed by atoms with Crippen LogP contribution in [0.15, 0.2) is 30.5 Å². The Hall–Kier alpha value is -2.83. The highest BCUT2D eigenvalue weighted by atomic mass is 19.4. The molecule has 35 heavy (non-hydrogen) atoms. The largest absolute Gasteiger partial charge is 0.493 e. The number of nitrogens with one attached hydrogen (secondary N) is 1. The van der Waals surface area contributed by atoms with Gasteiger partial charge < -0.3 is 24.6 Å². The van der Waals surface area contributed by atoms with Crippen molar-refractivity contribution in [3.63, 3.8) is 0 Å². The molecule has 2 heterocycles. The average Bonchev–Trinajstić information content (AvgIpc) is 3.08. The van der Waals surface area contributed by atoms with Crippen molar-refractivity contribution in [3.05, 3.63) is 53.4 Å². The number of hydrogen-bond acceptors (Lipinski definition) is 6. The van der Waals surface area contributed by atoms with Crippen LogP contribution in [0.5, 0.6) is 5.75 Å². The van der Waals surface area contributed by atoms with Crippen molar-refractivity contribution in [2.75, 3.05) is 26.1 Å². The van der Waals surface area contributed by atoms with Crippen LogP contribution >= 0.6 is 0 Å². The van der Waals surface area contributed by atoms with Crippen molar-refractivity contribution >= 4 is 11.6 Å². The van der Waals surface area contributed by atoms with Gasteiger partial charge in [-0.15, -0.1) is 0 Å². The number of aromatic nitrogens is 1. The van der Waals surface area contributed by atoms with Gasteiger partial charge in [-0.1, -0.05) is 13.0 Å². The molecule has 192 valence electrons. The van der Waals surface area contributed by atoms with E-state index in [1.807, 2.05) is 0 Å². The molecule has 5 atom stereocenters. The summed E-state index contributed by atoms with van der Waals surface area (Å²) in [5.41, 5.74) is -2.52. The zero-order valence-corrected chi connectivity index (χ0v) is 19.3. The van der Waals surface area contributed by atoms with Crippen molar-refractivity contribution in [2.45, 2.75) is 43.8 Å². The van der Waals surface area contributed by atoms with Gasteiger partial charge in [0.05, 0.1) is 31.3 Å². The van der Waals surface area contributed by atoms with Crippen molar-refractivity contribution in [1.82, 2.24) is 4.98 Å². The maximum Gasteiger partial charge on any atom is 0.417 e. The summed E-state index contributed by atoms with van der Waals surface area (Å²) < 4.78 is 85.2. The maximum atomic E-state index is 14.4. The van der Waals surface area contributed by atoms with Gasteiger partial charge in [0.25, 0.3) is 5.91 Å². The van der Waals surface area contributed by atoms with Gasteiger partial charge in [-0.2, -0.15) is 17.6 Å². The molecule has 1 aliphatic heterocycles. The minimum atomic E-state index is -4.87. The average molecular weight is 504 g/mol. The van der Waals surface area contributed by atoms with Crippen LogP contribution < -0.4 is 10.1 Å². The summed E-state index contributed by atoms with van der Waals surface area (Å²) in [7, 11) is 2.44. The van der Waals surface area contributed by atoms with Gasteiger partial charge in [-0.3, -0.25) is 9.78 Å². The van der Waals surface area contributed by atoms with Gasteiger partial charge in [-0.25, -0.2) is 4.39 Å². The third kappa shape index (κ3) is 4.95. The van der Waals surface area contributed by atoms with E-state index in [9.17, 15) is 31.9 Å². The van der Waals surface area contributed by atoms with Crippen LogP contribution in [0.3, 0.4) is 0 Å². The predicted octanol–water partition coefficient (Wildman–Crippen LogP) is 4.13. The number of rotatable bonds is 7. The minimum Gasteiger partial charge on any atom is -0.493 e. The molecule has 0 saturated carbocycles. The summed E-state index contributed by atoms with van der Waals surface area (Å²) in [4.78, 5) is 17.1. The number of carbonyl (C=O) groups excluding carboxylic acids is 1. The van der Waals surface area contributed by atoms with Crippen LogP contribution in [0.25, 0.3) is 0 Å². The Labute approximate surface area is 198 Å². The molecule has 0 bridgehead atoms. The minimum absolute atomic E-state index is 0.0136. The number of benzene rings is 1. The summed E-state index contributed by atoms with van der Waals surface area (Å²) in [5, 5.41) is 12.4. The highest BCUT2D eigenvalue weighted by Gasteiger charge is 2.65. The molecule has 1 aliphatic rings. The molecule has 2 aromatic rings.